The van der Waals surface area contributed by atoms with Gasteiger partial charge in [-0.05, 0) is 40.3 Å². The Labute approximate surface area is 126 Å². The maximum atomic E-state index is 12.1. The molecule has 0 aromatic heterocycles. The van der Waals surface area contributed by atoms with Crippen LogP contribution in [0.25, 0.3) is 0 Å². The van der Waals surface area contributed by atoms with Gasteiger partial charge in [-0.25, -0.2) is 8.42 Å². The average Bonchev–Trinajstić information content (AvgIpc) is 2.51. The fourth-order valence-electron chi connectivity index (χ4n) is 2.15. The van der Waals surface area contributed by atoms with Gasteiger partial charge in [0.1, 0.15) is 0 Å². The molecule has 0 radical (unpaired) electrons. The van der Waals surface area contributed by atoms with E-state index in [1.165, 1.54) is 0 Å². The van der Waals surface area contributed by atoms with Crippen molar-refractivity contribution in [3.05, 3.63) is 0 Å². The molecule has 0 bridgehead atoms. The first-order valence-electron chi connectivity index (χ1n) is 6.99. The highest BCUT2D eigenvalue weighted by Gasteiger charge is 2.29. The SMILES string of the molecule is CC(C)(C)S(=O)(=O)CCN1CCCN(CCBr)CC1. The predicted octanol–water partition coefficient (Wildman–Crippen LogP) is 1.60. The van der Waals surface area contributed by atoms with Crippen LogP contribution in [0, 0.1) is 0 Å². The van der Waals surface area contributed by atoms with Crippen molar-refractivity contribution in [3.63, 3.8) is 0 Å². The third-order valence-electron chi connectivity index (χ3n) is 3.69. The predicted molar refractivity (Wildman–Crippen MR) is 84.8 cm³/mol. The van der Waals surface area contributed by atoms with Gasteiger partial charge >= 0.3 is 0 Å². The highest BCUT2D eigenvalue weighted by molar-refractivity contribution is 9.09. The van der Waals surface area contributed by atoms with E-state index in [4.69, 9.17) is 0 Å². The minimum Gasteiger partial charge on any atom is -0.301 e. The summed E-state index contributed by atoms with van der Waals surface area (Å²) < 4.78 is 23.6. The quantitative estimate of drug-likeness (QED) is 0.703. The Morgan fingerprint density at radius 3 is 2.00 bits per heavy atom. The smallest absolute Gasteiger partial charge is 0.156 e. The van der Waals surface area contributed by atoms with Gasteiger partial charge in [0.2, 0.25) is 0 Å². The third kappa shape index (κ3) is 5.69. The molecule has 0 aliphatic carbocycles. The second kappa shape index (κ2) is 7.38. The largest absolute Gasteiger partial charge is 0.301 e. The lowest BCUT2D eigenvalue weighted by molar-refractivity contribution is 0.273. The van der Waals surface area contributed by atoms with Crippen molar-refractivity contribution in [3.8, 4) is 0 Å². The molecule has 0 spiro atoms. The van der Waals surface area contributed by atoms with Crippen LogP contribution >= 0.6 is 15.9 Å². The van der Waals surface area contributed by atoms with Gasteiger partial charge in [0.15, 0.2) is 9.84 Å². The molecule has 1 rings (SSSR count). The number of nitrogens with zero attached hydrogens (tertiary/aromatic N) is 2. The number of hydrogen-bond acceptors (Lipinski definition) is 4. The zero-order chi connectivity index (χ0) is 14.5. The van der Waals surface area contributed by atoms with Crippen LogP contribution in [0.1, 0.15) is 27.2 Å². The summed E-state index contributed by atoms with van der Waals surface area (Å²) in [6.45, 7) is 11.2. The van der Waals surface area contributed by atoms with Crippen molar-refractivity contribution in [2.45, 2.75) is 31.9 Å². The van der Waals surface area contributed by atoms with Crippen molar-refractivity contribution in [2.24, 2.45) is 0 Å². The van der Waals surface area contributed by atoms with Gasteiger partial charge in [-0.1, -0.05) is 15.9 Å². The van der Waals surface area contributed by atoms with Crippen LogP contribution in [0.3, 0.4) is 0 Å². The first-order valence-corrected chi connectivity index (χ1v) is 9.76. The van der Waals surface area contributed by atoms with Crippen molar-refractivity contribution in [2.75, 3.05) is 50.4 Å². The topological polar surface area (TPSA) is 40.6 Å². The summed E-state index contributed by atoms with van der Waals surface area (Å²) in [6, 6.07) is 0. The van der Waals surface area contributed by atoms with Crippen LogP contribution in [0.2, 0.25) is 0 Å². The summed E-state index contributed by atoms with van der Waals surface area (Å²) in [5.41, 5.74) is 0. The minimum absolute atomic E-state index is 0.273. The number of halogens is 1. The normalized spacial score (nSPS) is 20.4. The van der Waals surface area contributed by atoms with E-state index in [1.54, 1.807) is 20.8 Å². The molecule has 19 heavy (non-hydrogen) atoms. The molecule has 1 saturated heterocycles. The molecule has 6 heteroatoms. The zero-order valence-corrected chi connectivity index (χ0v) is 14.8. The van der Waals surface area contributed by atoms with Crippen molar-refractivity contribution in [1.29, 1.82) is 0 Å². The third-order valence-corrected chi connectivity index (χ3v) is 6.63. The minimum atomic E-state index is -3.00. The number of rotatable bonds is 5. The average molecular weight is 355 g/mol. The van der Waals surface area contributed by atoms with Crippen LogP contribution in [0.5, 0.6) is 0 Å². The lowest BCUT2D eigenvalue weighted by atomic mass is 10.3. The lowest BCUT2D eigenvalue weighted by Gasteiger charge is -2.24. The number of alkyl halides is 1. The molecule has 1 heterocycles. The summed E-state index contributed by atoms with van der Waals surface area (Å²) in [5, 5.41) is 1.01. The second-order valence-electron chi connectivity index (χ2n) is 6.16. The van der Waals surface area contributed by atoms with E-state index in [2.05, 4.69) is 25.7 Å². The number of sulfone groups is 1. The van der Waals surface area contributed by atoms with Crippen LogP contribution < -0.4 is 0 Å². The van der Waals surface area contributed by atoms with E-state index >= 15 is 0 Å². The lowest BCUT2D eigenvalue weighted by Crippen LogP contribution is -2.38. The molecule has 4 nitrogen and oxygen atoms in total. The van der Waals surface area contributed by atoms with Crippen molar-refractivity contribution < 1.29 is 8.42 Å². The zero-order valence-electron chi connectivity index (χ0n) is 12.4. The monoisotopic (exact) mass is 354 g/mol. The Morgan fingerprint density at radius 1 is 1.00 bits per heavy atom. The maximum absolute atomic E-state index is 12.1. The maximum Gasteiger partial charge on any atom is 0.156 e. The van der Waals surface area contributed by atoms with Gasteiger partial charge in [-0.15, -0.1) is 0 Å². The van der Waals surface area contributed by atoms with Crippen molar-refractivity contribution >= 4 is 25.8 Å². The fraction of sp³-hybridized carbons (Fsp3) is 1.00. The van der Waals surface area contributed by atoms with E-state index in [1.807, 2.05) is 0 Å². The van der Waals surface area contributed by atoms with Gasteiger partial charge in [-0.3, -0.25) is 0 Å². The highest BCUT2D eigenvalue weighted by Crippen LogP contribution is 2.16. The summed E-state index contributed by atoms with van der Waals surface area (Å²) in [6.07, 6.45) is 1.13. The van der Waals surface area contributed by atoms with Crippen LogP contribution in [-0.4, -0.2) is 73.3 Å². The number of hydrogen-bond donors (Lipinski definition) is 0. The second-order valence-corrected chi connectivity index (χ2v) is 9.81. The molecule has 0 amide bonds. The molecule has 0 N–H and O–H groups in total. The van der Waals surface area contributed by atoms with Gasteiger partial charge in [0, 0.05) is 31.5 Å². The van der Waals surface area contributed by atoms with Crippen LogP contribution in [0.4, 0.5) is 0 Å². The Morgan fingerprint density at radius 2 is 1.53 bits per heavy atom. The summed E-state index contributed by atoms with van der Waals surface area (Å²) in [7, 11) is -3.00. The van der Waals surface area contributed by atoms with E-state index < -0.39 is 14.6 Å². The Hall–Kier alpha value is 0.350. The first kappa shape index (κ1) is 17.4. The van der Waals surface area contributed by atoms with E-state index in [-0.39, 0.29) is 5.75 Å². The van der Waals surface area contributed by atoms with Gasteiger partial charge in [0.25, 0.3) is 0 Å². The molecule has 0 aromatic carbocycles. The molecule has 0 unspecified atom stereocenters. The van der Waals surface area contributed by atoms with Gasteiger partial charge < -0.3 is 9.80 Å². The molecule has 0 aromatic rings. The fourth-order valence-corrected chi connectivity index (χ4v) is 3.76. The van der Waals surface area contributed by atoms with Crippen molar-refractivity contribution in [1.82, 2.24) is 9.80 Å². The van der Waals surface area contributed by atoms with Gasteiger partial charge in [0.05, 0.1) is 10.5 Å². The standard InChI is InChI=1S/C13H27BrN2O2S/c1-13(2,3)19(17,18)12-11-16-7-4-6-15(8-5-14)9-10-16/h4-12H2,1-3H3. The molecular weight excluding hydrogens is 328 g/mol. The molecule has 114 valence electrons. The molecule has 1 aliphatic rings. The van der Waals surface area contributed by atoms with Gasteiger partial charge in [-0.2, -0.15) is 0 Å². The van der Waals surface area contributed by atoms with Crippen LogP contribution in [0.15, 0.2) is 0 Å². The molecular formula is C13H27BrN2O2S. The first-order chi connectivity index (χ1) is 8.76. The van der Waals surface area contributed by atoms with E-state index in [0.29, 0.717) is 6.54 Å². The van der Waals surface area contributed by atoms with E-state index in [0.717, 1.165) is 44.5 Å². The summed E-state index contributed by atoms with van der Waals surface area (Å²) >= 11 is 3.47. The highest BCUT2D eigenvalue weighted by atomic mass is 79.9. The Bertz CT molecular complexity index is 365. The molecule has 1 aliphatic heterocycles. The molecule has 0 atom stereocenters. The Balaban J connectivity index is 2.43. The molecule has 0 saturated carbocycles. The summed E-state index contributed by atoms with van der Waals surface area (Å²) in [5.74, 6) is 0.273. The Kier molecular flexibility index (Phi) is 6.76. The summed E-state index contributed by atoms with van der Waals surface area (Å²) in [4.78, 5) is 4.73. The molecule has 1 fully saturated rings. The van der Waals surface area contributed by atoms with Crippen LogP contribution in [-0.2, 0) is 9.84 Å². The van der Waals surface area contributed by atoms with E-state index in [9.17, 15) is 8.42 Å².